The minimum absolute atomic E-state index is 1.09. The summed E-state index contributed by atoms with van der Waals surface area (Å²) in [6, 6.07) is 4.47. The zero-order valence-electron chi connectivity index (χ0n) is 13.1. The molecule has 0 atom stereocenters. The van der Waals surface area contributed by atoms with E-state index in [9.17, 15) is 0 Å². The summed E-state index contributed by atoms with van der Waals surface area (Å²) >= 11 is 0. The van der Waals surface area contributed by atoms with E-state index in [1.54, 1.807) is 0 Å². The van der Waals surface area contributed by atoms with E-state index in [2.05, 4.69) is 69.3 Å². The van der Waals surface area contributed by atoms with Crippen LogP contribution in [0.15, 0.2) is 25.3 Å². The average Bonchev–Trinajstić information content (AvgIpc) is 2.60. The largest absolute Gasteiger partial charge is 0.289 e. The van der Waals surface area contributed by atoms with Crippen LogP contribution in [-0.2, 0) is 14.1 Å². The third-order valence-electron chi connectivity index (χ3n) is 3.91. The van der Waals surface area contributed by atoms with Crippen molar-refractivity contribution in [3.8, 4) is 11.4 Å². The molecular formula is C18H23N2+. The van der Waals surface area contributed by atoms with Gasteiger partial charge in [0, 0.05) is 0 Å². The van der Waals surface area contributed by atoms with E-state index >= 15 is 0 Å². The number of benzene rings is 1. The van der Waals surface area contributed by atoms with Crippen LogP contribution < -0.4 is 4.57 Å². The fourth-order valence-corrected chi connectivity index (χ4v) is 3.15. The number of imidazole rings is 1. The van der Waals surface area contributed by atoms with Gasteiger partial charge < -0.3 is 0 Å². The molecule has 0 saturated heterocycles. The second kappa shape index (κ2) is 5.12. The SMILES string of the molecule is C=Cc1c(C=C)[n+](C)c(-c2c(C)cc(C)cc2C)n1C. The second-order valence-corrected chi connectivity index (χ2v) is 5.39. The van der Waals surface area contributed by atoms with Crippen LogP contribution in [0, 0.1) is 20.8 Å². The molecule has 0 aliphatic rings. The molecule has 2 heteroatoms. The molecule has 0 N–H and O–H groups in total. The van der Waals surface area contributed by atoms with Gasteiger partial charge in [-0.2, -0.15) is 0 Å². The third-order valence-corrected chi connectivity index (χ3v) is 3.91. The zero-order valence-corrected chi connectivity index (χ0v) is 13.1. The first-order valence-corrected chi connectivity index (χ1v) is 6.84. The molecule has 0 bridgehead atoms. The number of rotatable bonds is 3. The number of nitrogens with zero attached hydrogens (tertiary/aromatic N) is 2. The Labute approximate surface area is 121 Å². The Morgan fingerprint density at radius 3 is 2.00 bits per heavy atom. The van der Waals surface area contributed by atoms with Gasteiger partial charge in [-0.25, -0.2) is 9.13 Å². The molecule has 0 fully saturated rings. The van der Waals surface area contributed by atoms with Gasteiger partial charge in [-0.1, -0.05) is 30.9 Å². The highest BCUT2D eigenvalue weighted by Gasteiger charge is 2.26. The second-order valence-electron chi connectivity index (χ2n) is 5.39. The van der Waals surface area contributed by atoms with Crippen molar-refractivity contribution in [3.63, 3.8) is 0 Å². The molecule has 2 rings (SSSR count). The van der Waals surface area contributed by atoms with Gasteiger partial charge in [0.2, 0.25) is 0 Å². The number of hydrogen-bond donors (Lipinski definition) is 0. The van der Waals surface area contributed by atoms with Crippen molar-refractivity contribution in [2.45, 2.75) is 20.8 Å². The molecule has 1 aromatic carbocycles. The number of aryl methyl sites for hydroxylation is 3. The molecule has 0 aliphatic heterocycles. The quantitative estimate of drug-likeness (QED) is 0.749. The molecule has 2 nitrogen and oxygen atoms in total. The molecule has 0 radical (unpaired) electrons. The van der Waals surface area contributed by atoms with Crippen molar-refractivity contribution < 1.29 is 4.57 Å². The average molecular weight is 267 g/mol. The fourth-order valence-electron chi connectivity index (χ4n) is 3.15. The first-order valence-electron chi connectivity index (χ1n) is 6.84. The molecule has 0 spiro atoms. The van der Waals surface area contributed by atoms with Crippen molar-refractivity contribution in [2.75, 3.05) is 0 Å². The van der Waals surface area contributed by atoms with Crippen LogP contribution in [0.2, 0.25) is 0 Å². The predicted molar refractivity (Wildman–Crippen MR) is 86.4 cm³/mol. The van der Waals surface area contributed by atoms with Crippen LogP contribution in [0.25, 0.3) is 23.5 Å². The summed E-state index contributed by atoms with van der Waals surface area (Å²) in [4.78, 5) is 0. The fraction of sp³-hybridized carbons (Fsp3) is 0.278. The van der Waals surface area contributed by atoms with Crippen molar-refractivity contribution >= 4 is 12.2 Å². The number of hydrogen-bond acceptors (Lipinski definition) is 0. The summed E-state index contributed by atoms with van der Waals surface area (Å²) in [6.45, 7) is 14.3. The van der Waals surface area contributed by atoms with Crippen LogP contribution in [0.3, 0.4) is 0 Å². The van der Waals surface area contributed by atoms with E-state index in [-0.39, 0.29) is 0 Å². The molecule has 1 aromatic heterocycles. The molecular weight excluding hydrogens is 244 g/mol. The van der Waals surface area contributed by atoms with Crippen LogP contribution in [0.1, 0.15) is 28.1 Å². The van der Waals surface area contributed by atoms with Crippen molar-refractivity contribution in [1.82, 2.24) is 4.57 Å². The van der Waals surface area contributed by atoms with Gasteiger partial charge in [0.05, 0.1) is 19.7 Å². The summed E-state index contributed by atoms with van der Waals surface area (Å²) < 4.78 is 4.38. The third kappa shape index (κ3) is 2.01. The van der Waals surface area contributed by atoms with Crippen molar-refractivity contribution in [1.29, 1.82) is 0 Å². The molecule has 2 aromatic rings. The van der Waals surface area contributed by atoms with Crippen LogP contribution in [0.5, 0.6) is 0 Å². The van der Waals surface area contributed by atoms with Gasteiger partial charge >= 0.3 is 0 Å². The van der Waals surface area contributed by atoms with E-state index in [1.807, 2.05) is 12.2 Å². The van der Waals surface area contributed by atoms with E-state index < -0.39 is 0 Å². The molecule has 0 unspecified atom stereocenters. The smallest absolute Gasteiger partial charge is 0.226 e. The van der Waals surface area contributed by atoms with Gasteiger partial charge in [0.15, 0.2) is 11.4 Å². The Hall–Kier alpha value is -2.09. The Balaban J connectivity index is 2.87. The lowest BCUT2D eigenvalue weighted by Gasteiger charge is -2.09. The minimum atomic E-state index is 1.09. The topological polar surface area (TPSA) is 8.81 Å². The first kappa shape index (κ1) is 14.3. The summed E-state index contributed by atoms with van der Waals surface area (Å²) in [5, 5.41) is 0. The normalized spacial score (nSPS) is 10.7. The molecule has 0 amide bonds. The lowest BCUT2D eigenvalue weighted by Crippen LogP contribution is -2.33. The Morgan fingerprint density at radius 1 is 1.05 bits per heavy atom. The number of aromatic nitrogens is 2. The maximum absolute atomic E-state index is 3.93. The van der Waals surface area contributed by atoms with Gasteiger partial charge in [-0.05, 0) is 44.1 Å². The van der Waals surface area contributed by atoms with Crippen molar-refractivity contribution in [3.05, 3.63) is 53.4 Å². The summed E-state index contributed by atoms with van der Waals surface area (Å²) in [7, 11) is 4.16. The van der Waals surface area contributed by atoms with Crippen LogP contribution in [0.4, 0.5) is 0 Å². The van der Waals surface area contributed by atoms with E-state index in [0.717, 1.165) is 11.4 Å². The molecule has 0 aliphatic carbocycles. The van der Waals surface area contributed by atoms with E-state index in [0.29, 0.717) is 0 Å². The first-order chi connectivity index (χ1) is 9.42. The highest BCUT2D eigenvalue weighted by molar-refractivity contribution is 5.67. The Morgan fingerprint density at radius 2 is 1.60 bits per heavy atom. The van der Waals surface area contributed by atoms with Gasteiger partial charge in [0.1, 0.15) is 0 Å². The standard InChI is InChI=1S/C18H23N2/c1-8-15-16(9-2)20(7)18(19(15)6)17-13(4)10-12(3)11-14(17)5/h8-11H,1-2H2,3-7H3/q+1. The van der Waals surface area contributed by atoms with Gasteiger partial charge in [0.25, 0.3) is 5.82 Å². The molecule has 1 heterocycles. The summed E-state index contributed by atoms with van der Waals surface area (Å²) in [6.07, 6.45) is 3.78. The summed E-state index contributed by atoms with van der Waals surface area (Å²) in [5.74, 6) is 1.19. The highest BCUT2D eigenvalue weighted by Crippen LogP contribution is 2.28. The van der Waals surface area contributed by atoms with E-state index in [4.69, 9.17) is 0 Å². The Bertz CT molecular complexity index is 648. The van der Waals surface area contributed by atoms with Crippen LogP contribution >= 0.6 is 0 Å². The van der Waals surface area contributed by atoms with Gasteiger partial charge in [-0.3, -0.25) is 0 Å². The maximum atomic E-state index is 3.93. The van der Waals surface area contributed by atoms with Crippen molar-refractivity contribution in [2.24, 2.45) is 14.1 Å². The zero-order chi connectivity index (χ0) is 15.0. The Kier molecular flexibility index (Phi) is 3.67. The maximum Gasteiger partial charge on any atom is 0.289 e. The van der Waals surface area contributed by atoms with Crippen LogP contribution in [-0.4, -0.2) is 4.57 Å². The minimum Gasteiger partial charge on any atom is -0.226 e. The lowest BCUT2D eigenvalue weighted by molar-refractivity contribution is -0.661. The molecule has 104 valence electrons. The monoisotopic (exact) mass is 267 g/mol. The predicted octanol–water partition coefficient (Wildman–Crippen LogP) is 3.73. The molecule has 0 saturated carbocycles. The molecule has 20 heavy (non-hydrogen) atoms. The van der Waals surface area contributed by atoms with Gasteiger partial charge in [-0.15, -0.1) is 0 Å². The highest BCUT2D eigenvalue weighted by atomic mass is 15.2. The van der Waals surface area contributed by atoms with E-state index in [1.165, 1.54) is 28.1 Å². The lowest BCUT2D eigenvalue weighted by atomic mass is 9.99. The summed E-state index contributed by atoms with van der Waals surface area (Å²) in [5.41, 5.74) is 7.37.